The lowest BCUT2D eigenvalue weighted by molar-refractivity contribution is 0.487. The van der Waals surface area contributed by atoms with Gasteiger partial charge < -0.3 is 13.9 Å². The number of aromatic nitrogens is 2. The number of nitrogens with zero attached hydrogens (tertiary/aromatic N) is 2. The third-order valence-electron chi connectivity index (χ3n) is 11.2. The average Bonchev–Trinajstić information content (AvgIpc) is 3.69. The van der Waals surface area contributed by atoms with E-state index in [0.717, 1.165) is 22.9 Å². The molecule has 10 rings (SSSR count). The molecule has 2 aromatic heterocycles. The van der Waals surface area contributed by atoms with Crippen molar-refractivity contribution >= 4 is 66.7 Å². The normalized spacial score (nSPS) is 12.7. The molecule has 0 bridgehead atoms. The predicted molar refractivity (Wildman–Crippen MR) is 221 cm³/mol. The fourth-order valence-corrected chi connectivity index (χ4v) is 8.92. The summed E-state index contributed by atoms with van der Waals surface area (Å²) in [6.07, 6.45) is 0. The molecule has 250 valence electrons. The molecule has 0 atom stereocenters. The zero-order valence-corrected chi connectivity index (χ0v) is 30.0. The van der Waals surface area contributed by atoms with Gasteiger partial charge in [-0.3, -0.25) is 0 Å². The summed E-state index contributed by atoms with van der Waals surface area (Å²) in [7, 11) is 0. The molecule has 7 aromatic carbocycles. The van der Waals surface area contributed by atoms with Crippen LogP contribution in [0.2, 0.25) is 0 Å². The minimum absolute atomic E-state index is 0.0805. The molecule has 0 saturated carbocycles. The van der Waals surface area contributed by atoms with E-state index in [4.69, 9.17) is 4.74 Å². The summed E-state index contributed by atoms with van der Waals surface area (Å²) >= 11 is 0. The Morgan fingerprint density at radius 2 is 0.904 bits per heavy atom. The lowest BCUT2D eigenvalue weighted by atomic mass is 9.34. The number of fused-ring (bicyclic) bond motifs is 8. The van der Waals surface area contributed by atoms with Gasteiger partial charge >= 0.3 is 0 Å². The van der Waals surface area contributed by atoms with Gasteiger partial charge in [-0.15, -0.1) is 0 Å². The zero-order chi connectivity index (χ0) is 35.1. The van der Waals surface area contributed by atoms with Crippen molar-refractivity contribution in [1.82, 2.24) is 9.13 Å². The van der Waals surface area contributed by atoms with Crippen molar-refractivity contribution in [3.63, 3.8) is 0 Å². The number of rotatable bonds is 5. The van der Waals surface area contributed by atoms with Crippen LogP contribution in [0.1, 0.15) is 50.7 Å². The predicted octanol–water partition coefficient (Wildman–Crippen LogP) is 10.7. The van der Waals surface area contributed by atoms with E-state index in [1.165, 1.54) is 71.1 Å². The summed E-state index contributed by atoms with van der Waals surface area (Å²) in [5.74, 6) is 2.65. The van der Waals surface area contributed by atoms with Crippen molar-refractivity contribution in [3.05, 3.63) is 163 Å². The van der Waals surface area contributed by atoms with Crippen LogP contribution in [0, 0.1) is 0 Å². The number of benzene rings is 7. The smallest absolute Gasteiger partial charge is 0.251 e. The second kappa shape index (κ2) is 11.8. The Labute approximate surface area is 304 Å². The van der Waals surface area contributed by atoms with Crippen LogP contribution in [-0.2, 0) is 0 Å². The molecular formula is C48H39BN2O. The molecule has 1 aliphatic rings. The van der Waals surface area contributed by atoms with E-state index >= 15 is 0 Å². The second-order valence-electron chi connectivity index (χ2n) is 14.9. The van der Waals surface area contributed by atoms with Crippen LogP contribution in [0.3, 0.4) is 0 Å². The minimum atomic E-state index is 0.0805. The van der Waals surface area contributed by atoms with Crippen LogP contribution in [-0.4, -0.2) is 15.8 Å². The van der Waals surface area contributed by atoms with Crippen LogP contribution >= 0.6 is 0 Å². The molecule has 0 radical (unpaired) electrons. The van der Waals surface area contributed by atoms with Crippen LogP contribution < -0.4 is 21.1 Å². The quantitative estimate of drug-likeness (QED) is 0.167. The van der Waals surface area contributed by atoms with E-state index in [-0.39, 0.29) is 6.71 Å². The molecule has 4 heteroatoms. The summed E-state index contributed by atoms with van der Waals surface area (Å²) in [6, 6.07) is 55.5. The first-order valence-electron chi connectivity index (χ1n) is 18.5. The van der Waals surface area contributed by atoms with Crippen molar-refractivity contribution in [2.75, 3.05) is 0 Å². The molecule has 0 spiro atoms. The van der Waals surface area contributed by atoms with Crippen LogP contribution in [0.5, 0.6) is 11.5 Å². The SMILES string of the molecule is CC(C)c1cccc(C(C)C)c1B1c2ccccc2Oc2cc(-n3c4ccccc4c4cc(-n5c6ccccc6c6ccccc65)ccc43)ccc21. The van der Waals surface area contributed by atoms with Gasteiger partial charge in [-0.1, -0.05) is 130 Å². The monoisotopic (exact) mass is 670 g/mol. The Bertz CT molecular complexity index is 2780. The highest BCUT2D eigenvalue weighted by Crippen LogP contribution is 2.38. The van der Waals surface area contributed by atoms with Crippen molar-refractivity contribution in [3.8, 4) is 22.9 Å². The number of para-hydroxylation sites is 4. The molecule has 0 N–H and O–H groups in total. The third-order valence-corrected chi connectivity index (χ3v) is 11.2. The van der Waals surface area contributed by atoms with Gasteiger partial charge in [0.2, 0.25) is 0 Å². The van der Waals surface area contributed by atoms with E-state index in [9.17, 15) is 0 Å². The fraction of sp³-hybridized carbons (Fsp3) is 0.125. The van der Waals surface area contributed by atoms with Gasteiger partial charge in [-0.2, -0.15) is 0 Å². The summed E-state index contributed by atoms with van der Waals surface area (Å²) in [5.41, 5.74) is 13.7. The Hall–Kier alpha value is -6.00. The third kappa shape index (κ3) is 4.53. The summed E-state index contributed by atoms with van der Waals surface area (Å²) in [5, 5.41) is 5.00. The maximum absolute atomic E-state index is 6.83. The highest BCUT2D eigenvalue weighted by Gasteiger charge is 2.36. The van der Waals surface area contributed by atoms with Gasteiger partial charge in [-0.25, -0.2) is 0 Å². The van der Waals surface area contributed by atoms with E-state index in [2.05, 4.69) is 188 Å². The van der Waals surface area contributed by atoms with Crippen LogP contribution in [0.25, 0.3) is 55.0 Å². The molecule has 3 heterocycles. The molecule has 9 aromatic rings. The van der Waals surface area contributed by atoms with Crippen LogP contribution in [0.15, 0.2) is 152 Å². The van der Waals surface area contributed by atoms with Crippen molar-refractivity contribution in [2.45, 2.75) is 39.5 Å². The number of ether oxygens (including phenoxy) is 1. The van der Waals surface area contributed by atoms with E-state index < -0.39 is 0 Å². The zero-order valence-electron chi connectivity index (χ0n) is 30.0. The summed E-state index contributed by atoms with van der Waals surface area (Å²) in [6.45, 7) is 9.33. The molecule has 1 aliphatic heterocycles. The molecule has 52 heavy (non-hydrogen) atoms. The van der Waals surface area contributed by atoms with Gasteiger partial charge in [0, 0.05) is 39.0 Å². The molecule has 0 amide bonds. The van der Waals surface area contributed by atoms with E-state index in [1.807, 2.05) is 0 Å². The lowest BCUT2D eigenvalue weighted by Crippen LogP contribution is -2.57. The Morgan fingerprint density at radius 1 is 0.423 bits per heavy atom. The Balaban J connectivity index is 1.18. The Kier molecular flexibility index (Phi) is 6.98. The van der Waals surface area contributed by atoms with Gasteiger partial charge in [0.25, 0.3) is 6.71 Å². The standard InChI is InChI=1S/C48H39BN2O/c1-30(2)34-17-13-18-35(31(3)4)48(34)49-40-19-8-12-23-46(40)52-47-29-33(24-26-41(47)49)51-44-22-11-7-16-38(44)39-28-32(25-27-45(39)51)50-42-20-9-5-14-36(42)37-15-6-10-21-43(37)50/h5-31H,1-4H3. The molecule has 0 unspecified atom stereocenters. The van der Waals surface area contributed by atoms with Gasteiger partial charge in [0.15, 0.2) is 0 Å². The first-order chi connectivity index (χ1) is 25.5. The molecule has 0 saturated heterocycles. The second-order valence-corrected chi connectivity index (χ2v) is 14.9. The molecule has 3 nitrogen and oxygen atoms in total. The maximum Gasteiger partial charge on any atom is 0.251 e. The molecular weight excluding hydrogens is 631 g/mol. The topological polar surface area (TPSA) is 19.1 Å². The van der Waals surface area contributed by atoms with E-state index in [1.54, 1.807) is 0 Å². The highest BCUT2D eigenvalue weighted by molar-refractivity contribution is 6.97. The lowest BCUT2D eigenvalue weighted by Gasteiger charge is -2.31. The van der Waals surface area contributed by atoms with E-state index in [0.29, 0.717) is 11.8 Å². The van der Waals surface area contributed by atoms with Gasteiger partial charge in [-0.05, 0) is 82.4 Å². The largest absolute Gasteiger partial charge is 0.458 e. The summed E-state index contributed by atoms with van der Waals surface area (Å²) < 4.78 is 11.6. The molecule has 0 aliphatic carbocycles. The first-order valence-corrected chi connectivity index (χ1v) is 18.5. The summed E-state index contributed by atoms with van der Waals surface area (Å²) in [4.78, 5) is 0. The van der Waals surface area contributed by atoms with Crippen molar-refractivity contribution in [2.24, 2.45) is 0 Å². The van der Waals surface area contributed by atoms with Crippen molar-refractivity contribution in [1.29, 1.82) is 0 Å². The highest BCUT2D eigenvalue weighted by atomic mass is 16.5. The number of hydrogen-bond acceptors (Lipinski definition) is 1. The minimum Gasteiger partial charge on any atom is -0.458 e. The van der Waals surface area contributed by atoms with Gasteiger partial charge in [0.1, 0.15) is 11.5 Å². The maximum atomic E-state index is 6.83. The first kappa shape index (κ1) is 30.8. The fourth-order valence-electron chi connectivity index (χ4n) is 8.92. The van der Waals surface area contributed by atoms with Crippen LogP contribution in [0.4, 0.5) is 0 Å². The van der Waals surface area contributed by atoms with Gasteiger partial charge in [0.05, 0.1) is 22.1 Å². The number of hydrogen-bond donors (Lipinski definition) is 0. The Morgan fingerprint density at radius 3 is 1.52 bits per heavy atom. The average molecular weight is 671 g/mol. The molecule has 0 fully saturated rings. The van der Waals surface area contributed by atoms with Crippen molar-refractivity contribution < 1.29 is 4.74 Å².